The third-order valence-electron chi connectivity index (χ3n) is 4.57. The highest BCUT2D eigenvalue weighted by molar-refractivity contribution is 8.16. The molecule has 2 atom stereocenters. The molecule has 1 aromatic heterocycles. The fraction of sp³-hybridized carbons (Fsp3) is 0.500. The monoisotopic (exact) mass is 374 g/mol. The van der Waals surface area contributed by atoms with Crippen LogP contribution in [0.25, 0.3) is 0 Å². The molecule has 8 heteroatoms. The minimum atomic E-state index is -0.235. The van der Waals surface area contributed by atoms with Crippen LogP contribution in [0.1, 0.15) is 19.3 Å². The van der Waals surface area contributed by atoms with Crippen LogP contribution in [0.3, 0.4) is 0 Å². The Balaban J connectivity index is 1.35. The first-order valence-electron chi connectivity index (χ1n) is 8.92. The first-order valence-corrected chi connectivity index (χ1v) is 9.80. The van der Waals surface area contributed by atoms with Gasteiger partial charge in [-0.2, -0.15) is 0 Å². The summed E-state index contributed by atoms with van der Waals surface area (Å²) in [5, 5.41) is 6.18. The van der Waals surface area contributed by atoms with Crippen molar-refractivity contribution in [3.8, 4) is 5.88 Å². The maximum atomic E-state index is 12.6. The van der Waals surface area contributed by atoms with Crippen LogP contribution in [0.4, 0.5) is 0 Å². The largest absolute Gasteiger partial charge is 0.470 e. The molecular formula is C18H22N4O3S. The van der Waals surface area contributed by atoms with Crippen molar-refractivity contribution in [1.29, 1.82) is 0 Å². The van der Waals surface area contributed by atoms with Crippen molar-refractivity contribution in [2.24, 2.45) is 4.99 Å². The van der Waals surface area contributed by atoms with E-state index in [1.54, 1.807) is 18.0 Å². The van der Waals surface area contributed by atoms with Gasteiger partial charge in [-0.05, 0) is 24.3 Å². The normalized spacial score (nSPS) is 25.2. The van der Waals surface area contributed by atoms with E-state index >= 15 is 0 Å². The van der Waals surface area contributed by atoms with Gasteiger partial charge in [-0.3, -0.25) is 9.79 Å². The maximum absolute atomic E-state index is 12.6. The number of aliphatic imine (C=N–C) groups is 1. The van der Waals surface area contributed by atoms with Crippen LogP contribution < -0.4 is 10.1 Å². The third kappa shape index (κ3) is 4.02. The Morgan fingerprint density at radius 2 is 2.42 bits per heavy atom. The summed E-state index contributed by atoms with van der Waals surface area (Å²) in [4.78, 5) is 23.4. The van der Waals surface area contributed by atoms with Crippen molar-refractivity contribution in [2.45, 2.75) is 31.4 Å². The quantitative estimate of drug-likeness (QED) is 0.847. The van der Waals surface area contributed by atoms with Crippen LogP contribution >= 0.6 is 11.8 Å². The van der Waals surface area contributed by atoms with Gasteiger partial charge in [0.05, 0.1) is 19.1 Å². The number of thioether (sulfide) groups is 1. The second-order valence-electron chi connectivity index (χ2n) is 6.44. The van der Waals surface area contributed by atoms with Gasteiger partial charge < -0.3 is 19.7 Å². The average Bonchev–Trinajstić information content (AvgIpc) is 3.07. The Bertz CT molecular complexity index is 710. The number of carbonyl (C=O) groups excluding carboxylic acids is 1. The lowest BCUT2D eigenvalue weighted by molar-refractivity contribution is -0.123. The van der Waals surface area contributed by atoms with Gasteiger partial charge in [0.2, 0.25) is 11.8 Å². The molecule has 0 aliphatic carbocycles. The zero-order valence-electron chi connectivity index (χ0n) is 14.5. The van der Waals surface area contributed by atoms with E-state index in [1.807, 2.05) is 23.6 Å². The number of ether oxygens (including phenoxy) is 2. The summed E-state index contributed by atoms with van der Waals surface area (Å²) in [6.07, 6.45) is 3.58. The molecule has 4 heterocycles. The molecule has 1 saturated heterocycles. The molecule has 1 N–H and O–H groups in total. The van der Waals surface area contributed by atoms with Gasteiger partial charge in [-0.1, -0.05) is 17.8 Å². The Hall–Kier alpha value is -2.06. The number of hydrogen-bond donors (Lipinski definition) is 1. The number of amidine groups is 1. The molecule has 1 amide bonds. The van der Waals surface area contributed by atoms with Gasteiger partial charge in [-0.15, -0.1) is 0 Å². The molecule has 4 rings (SSSR count). The Morgan fingerprint density at radius 3 is 3.31 bits per heavy atom. The SMILES string of the molecule is O=C(CC1=CSC2=NCCCN12)N[C@@H]1CCOC[C@H]1Oc1ccccn1. The second-order valence-corrected chi connectivity index (χ2v) is 7.27. The van der Waals surface area contributed by atoms with Crippen molar-refractivity contribution in [3.63, 3.8) is 0 Å². The summed E-state index contributed by atoms with van der Waals surface area (Å²) in [7, 11) is 0. The second kappa shape index (κ2) is 8.09. The number of aromatic nitrogens is 1. The van der Waals surface area contributed by atoms with E-state index in [2.05, 4.69) is 20.2 Å². The van der Waals surface area contributed by atoms with Crippen LogP contribution in [0.2, 0.25) is 0 Å². The van der Waals surface area contributed by atoms with Crippen molar-refractivity contribution < 1.29 is 14.3 Å². The molecule has 0 unspecified atom stereocenters. The lowest BCUT2D eigenvalue weighted by atomic mass is 10.1. The van der Waals surface area contributed by atoms with E-state index in [1.165, 1.54) is 0 Å². The zero-order chi connectivity index (χ0) is 17.8. The van der Waals surface area contributed by atoms with Crippen LogP contribution in [0, 0.1) is 0 Å². The number of fused-ring (bicyclic) bond motifs is 1. The lowest BCUT2D eigenvalue weighted by Crippen LogP contribution is -2.51. The van der Waals surface area contributed by atoms with E-state index in [0.29, 0.717) is 25.5 Å². The highest BCUT2D eigenvalue weighted by Gasteiger charge is 2.31. The van der Waals surface area contributed by atoms with Crippen LogP contribution in [-0.4, -0.2) is 59.4 Å². The summed E-state index contributed by atoms with van der Waals surface area (Å²) in [5.74, 6) is 0.552. The lowest BCUT2D eigenvalue weighted by Gasteiger charge is -2.32. The molecule has 26 heavy (non-hydrogen) atoms. The van der Waals surface area contributed by atoms with Gasteiger partial charge in [0.25, 0.3) is 0 Å². The molecule has 0 saturated carbocycles. The Labute approximate surface area is 156 Å². The predicted molar refractivity (Wildman–Crippen MR) is 99.9 cm³/mol. The average molecular weight is 374 g/mol. The van der Waals surface area contributed by atoms with Crippen LogP contribution in [-0.2, 0) is 9.53 Å². The number of carbonyl (C=O) groups is 1. The highest BCUT2D eigenvalue weighted by Crippen LogP contribution is 2.30. The minimum Gasteiger partial charge on any atom is -0.470 e. The standard InChI is InChI=1S/C18H22N4O3S/c23-16(10-13-12-26-18-20-7-3-8-22(13)18)21-14-5-9-24-11-15(14)25-17-4-1-2-6-19-17/h1-2,4,6,12,14-15H,3,5,7-11H2,(H,21,23)/t14-,15-/m1/s1. The number of nitrogens with one attached hydrogen (secondary N) is 1. The molecule has 138 valence electrons. The summed E-state index contributed by atoms with van der Waals surface area (Å²) in [6, 6.07) is 5.45. The van der Waals surface area contributed by atoms with Crippen molar-refractivity contribution in [2.75, 3.05) is 26.3 Å². The summed E-state index contributed by atoms with van der Waals surface area (Å²) in [5.41, 5.74) is 1.03. The number of amides is 1. The van der Waals surface area contributed by atoms with Gasteiger partial charge >= 0.3 is 0 Å². The van der Waals surface area contributed by atoms with Gasteiger partial charge in [0.15, 0.2) is 5.17 Å². The van der Waals surface area contributed by atoms with Crippen molar-refractivity contribution in [1.82, 2.24) is 15.2 Å². The molecule has 0 aromatic carbocycles. The fourth-order valence-corrected chi connectivity index (χ4v) is 4.21. The number of hydrogen-bond acceptors (Lipinski definition) is 7. The number of nitrogens with zero attached hydrogens (tertiary/aromatic N) is 3. The molecule has 1 aromatic rings. The van der Waals surface area contributed by atoms with Crippen molar-refractivity contribution in [3.05, 3.63) is 35.5 Å². The van der Waals surface area contributed by atoms with E-state index in [4.69, 9.17) is 9.47 Å². The summed E-state index contributed by atoms with van der Waals surface area (Å²) < 4.78 is 11.5. The topological polar surface area (TPSA) is 76.1 Å². The van der Waals surface area contributed by atoms with E-state index in [-0.39, 0.29) is 18.1 Å². The van der Waals surface area contributed by atoms with E-state index in [0.717, 1.165) is 36.8 Å². The maximum Gasteiger partial charge on any atom is 0.226 e. The highest BCUT2D eigenvalue weighted by atomic mass is 32.2. The number of pyridine rings is 1. The summed E-state index contributed by atoms with van der Waals surface area (Å²) >= 11 is 1.61. The molecule has 0 bridgehead atoms. The minimum absolute atomic E-state index is 0.00481. The first kappa shape index (κ1) is 17.4. The molecule has 7 nitrogen and oxygen atoms in total. The number of rotatable bonds is 5. The van der Waals surface area contributed by atoms with E-state index in [9.17, 15) is 4.79 Å². The third-order valence-corrected chi connectivity index (χ3v) is 5.52. The predicted octanol–water partition coefficient (Wildman–Crippen LogP) is 1.77. The molecule has 1 fully saturated rings. The Kier molecular flexibility index (Phi) is 5.40. The van der Waals surface area contributed by atoms with Gasteiger partial charge in [0.1, 0.15) is 6.10 Å². The fourth-order valence-electron chi connectivity index (χ4n) is 3.26. The zero-order valence-corrected chi connectivity index (χ0v) is 15.3. The molecule has 0 spiro atoms. The van der Waals surface area contributed by atoms with Gasteiger partial charge in [0, 0.05) is 37.7 Å². The Morgan fingerprint density at radius 1 is 1.46 bits per heavy atom. The van der Waals surface area contributed by atoms with Crippen LogP contribution in [0.15, 0.2) is 40.5 Å². The van der Waals surface area contributed by atoms with Gasteiger partial charge in [-0.25, -0.2) is 4.98 Å². The molecule has 3 aliphatic heterocycles. The molecule has 3 aliphatic rings. The first-order chi connectivity index (χ1) is 12.8. The molecular weight excluding hydrogens is 352 g/mol. The van der Waals surface area contributed by atoms with Crippen molar-refractivity contribution >= 4 is 22.8 Å². The summed E-state index contributed by atoms with van der Waals surface area (Å²) in [6.45, 7) is 2.88. The van der Waals surface area contributed by atoms with Crippen LogP contribution in [0.5, 0.6) is 5.88 Å². The van der Waals surface area contributed by atoms with E-state index < -0.39 is 0 Å². The molecule has 0 radical (unpaired) electrons. The smallest absolute Gasteiger partial charge is 0.226 e.